The normalized spacial score (nSPS) is 15.7. The first-order valence-electron chi connectivity index (χ1n) is 5.53. The molecule has 3 rings (SSSR count). The van der Waals surface area contributed by atoms with Gasteiger partial charge in [-0.05, 0) is 18.6 Å². The highest BCUT2D eigenvalue weighted by atomic mass is 32.1. The third kappa shape index (κ3) is 1.72. The van der Waals surface area contributed by atoms with Crippen LogP contribution in [0.25, 0.3) is 10.2 Å². The highest BCUT2D eigenvalue weighted by Crippen LogP contribution is 2.30. The van der Waals surface area contributed by atoms with E-state index in [0.29, 0.717) is 11.6 Å². The van der Waals surface area contributed by atoms with Crippen molar-refractivity contribution in [3.05, 3.63) is 24.3 Å². The van der Waals surface area contributed by atoms with Crippen LogP contribution in [0, 0.1) is 0 Å². The SMILES string of the molecule is CCC1=NN(c2nc3ccccc3s2)C(=O)C1. The van der Waals surface area contributed by atoms with Crippen molar-refractivity contribution in [3.63, 3.8) is 0 Å². The molecule has 1 aliphatic rings. The molecule has 1 amide bonds. The predicted molar refractivity (Wildman–Crippen MR) is 69.4 cm³/mol. The molecule has 0 saturated heterocycles. The summed E-state index contributed by atoms with van der Waals surface area (Å²) in [5.41, 5.74) is 1.84. The first kappa shape index (κ1) is 10.4. The first-order chi connectivity index (χ1) is 8.28. The van der Waals surface area contributed by atoms with Gasteiger partial charge in [-0.15, -0.1) is 0 Å². The minimum absolute atomic E-state index is 0.0147. The number of benzene rings is 1. The monoisotopic (exact) mass is 245 g/mol. The zero-order valence-electron chi connectivity index (χ0n) is 9.38. The molecule has 1 aliphatic heterocycles. The second kappa shape index (κ2) is 3.92. The molecule has 0 N–H and O–H groups in total. The Kier molecular flexibility index (Phi) is 2.40. The Balaban J connectivity index is 2.04. The molecule has 0 atom stereocenters. The number of rotatable bonds is 2. The molecule has 0 radical (unpaired) electrons. The Bertz CT molecular complexity index is 584. The summed E-state index contributed by atoms with van der Waals surface area (Å²) >= 11 is 1.50. The summed E-state index contributed by atoms with van der Waals surface area (Å²) in [4.78, 5) is 16.2. The number of para-hydroxylation sites is 1. The molecule has 0 aliphatic carbocycles. The number of amides is 1. The van der Waals surface area contributed by atoms with Crippen molar-refractivity contribution in [1.29, 1.82) is 0 Å². The van der Waals surface area contributed by atoms with Gasteiger partial charge in [0.05, 0.1) is 16.6 Å². The molecule has 1 aromatic carbocycles. The van der Waals surface area contributed by atoms with E-state index in [1.165, 1.54) is 16.3 Å². The van der Waals surface area contributed by atoms with E-state index >= 15 is 0 Å². The van der Waals surface area contributed by atoms with E-state index in [4.69, 9.17) is 0 Å². The second-order valence-electron chi connectivity index (χ2n) is 3.87. The zero-order valence-corrected chi connectivity index (χ0v) is 10.2. The van der Waals surface area contributed by atoms with Gasteiger partial charge in [0.15, 0.2) is 0 Å². The molecule has 0 saturated carbocycles. The van der Waals surface area contributed by atoms with Crippen LogP contribution in [-0.4, -0.2) is 16.6 Å². The van der Waals surface area contributed by atoms with E-state index in [0.717, 1.165) is 22.3 Å². The van der Waals surface area contributed by atoms with Gasteiger partial charge in [0, 0.05) is 5.71 Å². The Labute approximate surface area is 103 Å². The quantitative estimate of drug-likeness (QED) is 0.816. The fourth-order valence-corrected chi connectivity index (χ4v) is 2.71. The van der Waals surface area contributed by atoms with Crippen molar-refractivity contribution in [1.82, 2.24) is 4.98 Å². The molecule has 1 aromatic heterocycles. The molecular formula is C12H11N3OS. The molecule has 5 heteroatoms. The van der Waals surface area contributed by atoms with Gasteiger partial charge >= 0.3 is 0 Å². The maximum Gasteiger partial charge on any atom is 0.255 e. The summed E-state index contributed by atoms with van der Waals surface area (Å²) < 4.78 is 1.08. The van der Waals surface area contributed by atoms with Crippen LogP contribution < -0.4 is 5.01 Å². The van der Waals surface area contributed by atoms with Gasteiger partial charge < -0.3 is 0 Å². The molecule has 0 fully saturated rings. The smallest absolute Gasteiger partial charge is 0.255 e. The Hall–Kier alpha value is -1.75. The van der Waals surface area contributed by atoms with Crippen LogP contribution in [0.5, 0.6) is 0 Å². The Morgan fingerprint density at radius 3 is 2.94 bits per heavy atom. The summed E-state index contributed by atoms with van der Waals surface area (Å²) in [6.45, 7) is 2.01. The van der Waals surface area contributed by atoms with Crippen molar-refractivity contribution in [2.24, 2.45) is 5.10 Å². The van der Waals surface area contributed by atoms with Crippen molar-refractivity contribution in [2.75, 3.05) is 5.01 Å². The third-order valence-electron chi connectivity index (χ3n) is 2.70. The second-order valence-corrected chi connectivity index (χ2v) is 4.88. The van der Waals surface area contributed by atoms with E-state index < -0.39 is 0 Å². The average molecular weight is 245 g/mol. The number of aromatic nitrogens is 1. The highest BCUT2D eigenvalue weighted by molar-refractivity contribution is 7.22. The van der Waals surface area contributed by atoms with Crippen molar-refractivity contribution < 1.29 is 4.79 Å². The molecule has 4 nitrogen and oxygen atoms in total. The lowest BCUT2D eigenvalue weighted by Crippen LogP contribution is -2.19. The van der Waals surface area contributed by atoms with Crippen LogP contribution in [0.1, 0.15) is 19.8 Å². The summed E-state index contributed by atoms with van der Waals surface area (Å²) in [7, 11) is 0. The Morgan fingerprint density at radius 2 is 2.24 bits per heavy atom. The third-order valence-corrected chi connectivity index (χ3v) is 3.72. The minimum Gasteiger partial charge on any atom is -0.272 e. The fourth-order valence-electron chi connectivity index (χ4n) is 1.78. The van der Waals surface area contributed by atoms with E-state index in [2.05, 4.69) is 10.1 Å². The molecule has 2 heterocycles. The summed E-state index contributed by atoms with van der Waals surface area (Å²) in [5, 5.41) is 6.40. The van der Waals surface area contributed by atoms with Crippen LogP contribution >= 0.6 is 11.3 Å². The first-order valence-corrected chi connectivity index (χ1v) is 6.34. The maximum absolute atomic E-state index is 11.8. The number of hydrazone groups is 1. The van der Waals surface area contributed by atoms with E-state index in [1.54, 1.807) is 0 Å². The molecule has 86 valence electrons. The topological polar surface area (TPSA) is 45.6 Å². The molecule has 2 aromatic rings. The van der Waals surface area contributed by atoms with E-state index in [9.17, 15) is 4.79 Å². The maximum atomic E-state index is 11.8. The van der Waals surface area contributed by atoms with Gasteiger partial charge in [-0.3, -0.25) is 4.79 Å². The van der Waals surface area contributed by atoms with Crippen molar-refractivity contribution >= 4 is 38.3 Å². The molecule has 17 heavy (non-hydrogen) atoms. The Morgan fingerprint density at radius 1 is 1.41 bits per heavy atom. The number of nitrogens with zero attached hydrogens (tertiary/aromatic N) is 3. The van der Waals surface area contributed by atoms with Gasteiger partial charge in [0.2, 0.25) is 5.13 Å². The molecule has 0 spiro atoms. The standard InChI is InChI=1S/C12H11N3OS/c1-2-8-7-11(16)15(14-8)12-13-9-5-3-4-6-10(9)17-12/h3-6H,2,7H2,1H3. The summed E-state index contributed by atoms with van der Waals surface area (Å²) in [6.07, 6.45) is 1.24. The van der Waals surface area contributed by atoms with Crippen LogP contribution in [0.2, 0.25) is 0 Å². The summed E-state index contributed by atoms with van der Waals surface area (Å²) in [5.74, 6) is 0.0147. The lowest BCUT2D eigenvalue weighted by Gasteiger charge is -2.05. The predicted octanol–water partition coefficient (Wildman–Crippen LogP) is 2.80. The molecule has 0 unspecified atom stereocenters. The fraction of sp³-hybridized carbons (Fsp3) is 0.250. The number of hydrogen-bond donors (Lipinski definition) is 0. The lowest BCUT2D eigenvalue weighted by atomic mass is 10.2. The van der Waals surface area contributed by atoms with Gasteiger partial charge in [0.1, 0.15) is 0 Å². The highest BCUT2D eigenvalue weighted by Gasteiger charge is 2.26. The number of carbonyl (C=O) groups excluding carboxylic acids is 1. The van der Waals surface area contributed by atoms with Crippen LogP contribution in [0.3, 0.4) is 0 Å². The van der Waals surface area contributed by atoms with Gasteiger partial charge in [-0.2, -0.15) is 10.1 Å². The van der Waals surface area contributed by atoms with Gasteiger partial charge in [-0.1, -0.05) is 30.4 Å². The van der Waals surface area contributed by atoms with Gasteiger partial charge in [-0.25, -0.2) is 4.98 Å². The minimum atomic E-state index is 0.0147. The molecule has 0 bridgehead atoms. The average Bonchev–Trinajstić information content (AvgIpc) is 2.91. The van der Waals surface area contributed by atoms with Gasteiger partial charge in [0.25, 0.3) is 5.91 Å². The van der Waals surface area contributed by atoms with E-state index in [1.807, 2.05) is 31.2 Å². The number of anilines is 1. The van der Waals surface area contributed by atoms with Crippen LogP contribution in [0.4, 0.5) is 5.13 Å². The lowest BCUT2D eigenvalue weighted by molar-refractivity contribution is -0.116. The number of carbonyl (C=O) groups is 1. The number of fused-ring (bicyclic) bond motifs is 1. The van der Waals surface area contributed by atoms with E-state index in [-0.39, 0.29) is 5.91 Å². The number of hydrogen-bond acceptors (Lipinski definition) is 4. The van der Waals surface area contributed by atoms with Crippen molar-refractivity contribution in [2.45, 2.75) is 19.8 Å². The van der Waals surface area contributed by atoms with Crippen LogP contribution in [0.15, 0.2) is 29.4 Å². The zero-order chi connectivity index (χ0) is 11.8. The van der Waals surface area contributed by atoms with Crippen molar-refractivity contribution in [3.8, 4) is 0 Å². The summed E-state index contributed by atoms with van der Waals surface area (Å²) in [6, 6.07) is 7.86. The number of thiazole rings is 1. The largest absolute Gasteiger partial charge is 0.272 e. The molecular weight excluding hydrogens is 234 g/mol. The van der Waals surface area contributed by atoms with Crippen LogP contribution in [-0.2, 0) is 4.79 Å².